The van der Waals surface area contributed by atoms with Gasteiger partial charge in [-0.2, -0.15) is 4.98 Å². The molecule has 3 aromatic rings. The van der Waals surface area contributed by atoms with Gasteiger partial charge in [-0.15, -0.1) is 0 Å². The van der Waals surface area contributed by atoms with E-state index in [9.17, 15) is 8.42 Å². The van der Waals surface area contributed by atoms with Crippen molar-refractivity contribution < 1.29 is 17.5 Å². The standard InChI is InChI=1S/C13H12N4O4S/c1-14-22(18,19)11-4-2-3-9(7-11)13-16-12(17-21-13)8-10-5-6-15-20-10/h2-7,14H,8H2,1H3. The fourth-order valence-corrected chi connectivity index (χ4v) is 2.62. The van der Waals surface area contributed by atoms with Crippen LogP contribution in [0.15, 0.2) is 50.5 Å². The highest BCUT2D eigenvalue weighted by Gasteiger charge is 2.15. The second kappa shape index (κ2) is 5.70. The SMILES string of the molecule is CNS(=O)(=O)c1cccc(-c2nc(Cc3ccno3)no2)c1. The number of hydrogen-bond donors (Lipinski definition) is 1. The predicted octanol–water partition coefficient (Wildman–Crippen LogP) is 1.22. The van der Waals surface area contributed by atoms with Crippen LogP contribution in [0.4, 0.5) is 0 Å². The summed E-state index contributed by atoms with van der Waals surface area (Å²) in [6, 6.07) is 7.97. The number of aromatic nitrogens is 3. The highest BCUT2D eigenvalue weighted by Crippen LogP contribution is 2.21. The minimum atomic E-state index is -3.53. The van der Waals surface area contributed by atoms with Gasteiger partial charge in [-0.05, 0) is 25.2 Å². The topological polar surface area (TPSA) is 111 Å². The van der Waals surface area contributed by atoms with Crippen molar-refractivity contribution in [1.29, 1.82) is 0 Å². The van der Waals surface area contributed by atoms with E-state index < -0.39 is 10.0 Å². The Hall–Kier alpha value is -2.52. The molecule has 0 saturated carbocycles. The van der Waals surface area contributed by atoms with Crippen molar-refractivity contribution in [3.8, 4) is 11.5 Å². The summed E-state index contributed by atoms with van der Waals surface area (Å²) in [4.78, 5) is 4.35. The third kappa shape index (κ3) is 2.90. The molecule has 0 aliphatic carbocycles. The molecule has 0 amide bonds. The third-order valence-electron chi connectivity index (χ3n) is 2.95. The molecule has 2 aromatic heterocycles. The monoisotopic (exact) mass is 320 g/mol. The molecule has 0 bridgehead atoms. The van der Waals surface area contributed by atoms with Crippen LogP contribution in [0, 0.1) is 0 Å². The number of nitrogens with zero attached hydrogens (tertiary/aromatic N) is 3. The Morgan fingerprint density at radius 1 is 1.23 bits per heavy atom. The summed E-state index contributed by atoms with van der Waals surface area (Å²) >= 11 is 0. The summed E-state index contributed by atoms with van der Waals surface area (Å²) in [5, 5.41) is 7.44. The van der Waals surface area contributed by atoms with Crippen molar-refractivity contribution in [3.05, 3.63) is 48.1 Å². The number of benzene rings is 1. The van der Waals surface area contributed by atoms with Gasteiger partial charge in [0.15, 0.2) is 5.82 Å². The van der Waals surface area contributed by atoms with Crippen LogP contribution < -0.4 is 4.72 Å². The molecule has 0 saturated heterocycles. The molecular weight excluding hydrogens is 308 g/mol. The van der Waals surface area contributed by atoms with E-state index >= 15 is 0 Å². The van der Waals surface area contributed by atoms with E-state index in [1.165, 1.54) is 25.4 Å². The van der Waals surface area contributed by atoms with Crippen molar-refractivity contribution in [2.75, 3.05) is 7.05 Å². The Morgan fingerprint density at radius 3 is 2.82 bits per heavy atom. The molecular formula is C13H12N4O4S. The molecule has 0 aliphatic rings. The summed E-state index contributed by atoms with van der Waals surface area (Å²) in [6.45, 7) is 0. The molecule has 0 aliphatic heterocycles. The highest BCUT2D eigenvalue weighted by molar-refractivity contribution is 7.89. The Kier molecular flexibility index (Phi) is 3.73. The van der Waals surface area contributed by atoms with Gasteiger partial charge in [0.1, 0.15) is 5.76 Å². The van der Waals surface area contributed by atoms with Gasteiger partial charge in [-0.25, -0.2) is 13.1 Å². The van der Waals surface area contributed by atoms with Gasteiger partial charge in [0.05, 0.1) is 17.5 Å². The van der Waals surface area contributed by atoms with Crippen LogP contribution >= 0.6 is 0 Å². The Morgan fingerprint density at radius 2 is 2.09 bits per heavy atom. The van der Waals surface area contributed by atoms with E-state index in [1.54, 1.807) is 18.2 Å². The molecule has 9 heteroatoms. The average molecular weight is 320 g/mol. The molecule has 0 radical (unpaired) electrons. The first-order chi connectivity index (χ1) is 10.6. The molecule has 8 nitrogen and oxygen atoms in total. The predicted molar refractivity (Wildman–Crippen MR) is 75.3 cm³/mol. The van der Waals surface area contributed by atoms with Gasteiger partial charge in [0.25, 0.3) is 5.89 Å². The lowest BCUT2D eigenvalue weighted by Crippen LogP contribution is -2.18. The first-order valence-electron chi connectivity index (χ1n) is 6.34. The first-order valence-corrected chi connectivity index (χ1v) is 7.83. The maximum absolute atomic E-state index is 11.8. The van der Waals surface area contributed by atoms with Gasteiger partial charge in [0, 0.05) is 11.6 Å². The van der Waals surface area contributed by atoms with Crippen molar-refractivity contribution >= 4 is 10.0 Å². The molecule has 0 atom stereocenters. The minimum absolute atomic E-state index is 0.127. The van der Waals surface area contributed by atoms with E-state index in [-0.39, 0.29) is 10.8 Å². The third-order valence-corrected chi connectivity index (χ3v) is 4.36. The fourth-order valence-electron chi connectivity index (χ4n) is 1.85. The van der Waals surface area contributed by atoms with Crippen molar-refractivity contribution in [2.45, 2.75) is 11.3 Å². The van der Waals surface area contributed by atoms with Gasteiger partial charge in [-0.3, -0.25) is 0 Å². The zero-order valence-corrected chi connectivity index (χ0v) is 12.4. The lowest BCUT2D eigenvalue weighted by molar-refractivity contribution is 0.382. The van der Waals surface area contributed by atoms with Crippen LogP contribution in [-0.2, 0) is 16.4 Å². The zero-order chi connectivity index (χ0) is 15.6. The quantitative estimate of drug-likeness (QED) is 0.752. The summed E-state index contributed by atoms with van der Waals surface area (Å²) in [7, 11) is -2.17. The van der Waals surface area contributed by atoms with E-state index in [0.717, 1.165) is 0 Å². The first kappa shape index (κ1) is 14.4. The average Bonchev–Trinajstić information content (AvgIpc) is 3.20. The molecule has 0 spiro atoms. The van der Waals surface area contributed by atoms with Gasteiger partial charge in [-0.1, -0.05) is 16.4 Å². The Bertz CT molecular complexity index is 871. The lowest BCUT2D eigenvalue weighted by atomic mass is 10.2. The molecule has 3 rings (SSSR count). The number of nitrogens with one attached hydrogen (secondary N) is 1. The van der Waals surface area contributed by atoms with E-state index in [1.807, 2.05) is 0 Å². The van der Waals surface area contributed by atoms with Crippen LogP contribution in [0.3, 0.4) is 0 Å². The molecule has 0 unspecified atom stereocenters. The van der Waals surface area contributed by atoms with Crippen LogP contribution in [0.5, 0.6) is 0 Å². The fraction of sp³-hybridized carbons (Fsp3) is 0.154. The normalized spacial score (nSPS) is 11.7. The maximum atomic E-state index is 11.8. The summed E-state index contributed by atoms with van der Waals surface area (Å²) in [6.07, 6.45) is 1.88. The van der Waals surface area contributed by atoms with Crippen LogP contribution in [-0.4, -0.2) is 30.8 Å². The van der Waals surface area contributed by atoms with E-state index in [4.69, 9.17) is 9.05 Å². The highest BCUT2D eigenvalue weighted by atomic mass is 32.2. The van der Waals surface area contributed by atoms with Gasteiger partial charge < -0.3 is 9.05 Å². The smallest absolute Gasteiger partial charge is 0.257 e. The van der Waals surface area contributed by atoms with Crippen LogP contribution in [0.2, 0.25) is 0 Å². The minimum Gasteiger partial charge on any atom is -0.361 e. The molecule has 0 fully saturated rings. The summed E-state index contributed by atoms with van der Waals surface area (Å²) < 4.78 is 36.0. The van der Waals surface area contributed by atoms with Crippen LogP contribution in [0.1, 0.15) is 11.6 Å². The molecule has 22 heavy (non-hydrogen) atoms. The number of sulfonamides is 1. The van der Waals surface area contributed by atoms with Crippen molar-refractivity contribution in [2.24, 2.45) is 0 Å². The second-order valence-electron chi connectivity index (χ2n) is 4.41. The lowest BCUT2D eigenvalue weighted by Gasteiger charge is -2.02. The van der Waals surface area contributed by atoms with Crippen molar-refractivity contribution in [3.63, 3.8) is 0 Å². The Labute approximate surface area is 126 Å². The van der Waals surface area contributed by atoms with Crippen LogP contribution in [0.25, 0.3) is 11.5 Å². The molecule has 114 valence electrons. The van der Waals surface area contributed by atoms with Gasteiger partial charge >= 0.3 is 0 Å². The van der Waals surface area contributed by atoms with E-state index in [0.29, 0.717) is 23.6 Å². The number of hydrogen-bond acceptors (Lipinski definition) is 7. The molecule has 2 heterocycles. The summed E-state index contributed by atoms with van der Waals surface area (Å²) in [5.74, 6) is 1.27. The number of rotatable bonds is 5. The second-order valence-corrected chi connectivity index (χ2v) is 6.29. The molecule has 1 N–H and O–H groups in total. The Balaban J connectivity index is 1.89. The van der Waals surface area contributed by atoms with Gasteiger partial charge in [0.2, 0.25) is 10.0 Å². The van der Waals surface area contributed by atoms with E-state index in [2.05, 4.69) is 20.0 Å². The molecule has 1 aromatic carbocycles. The van der Waals surface area contributed by atoms with Crippen molar-refractivity contribution in [1.82, 2.24) is 20.0 Å². The maximum Gasteiger partial charge on any atom is 0.257 e. The largest absolute Gasteiger partial charge is 0.361 e. The summed E-state index contributed by atoms with van der Waals surface area (Å²) in [5.41, 5.74) is 0.521. The zero-order valence-electron chi connectivity index (χ0n) is 11.6.